The molecule has 0 aliphatic heterocycles. The van der Waals surface area contributed by atoms with Gasteiger partial charge in [0.25, 0.3) is 5.91 Å². The summed E-state index contributed by atoms with van der Waals surface area (Å²) in [5.74, 6) is -1.88. The Hall–Kier alpha value is -2.53. The van der Waals surface area contributed by atoms with Gasteiger partial charge in [-0.05, 0) is 48.9 Å². The Morgan fingerprint density at radius 3 is 2.43 bits per heavy atom. The Morgan fingerprint density at radius 1 is 1.10 bits per heavy atom. The molecule has 6 heteroatoms. The van der Waals surface area contributed by atoms with Crippen molar-refractivity contribution in [3.63, 3.8) is 0 Å². The molecule has 5 nitrogen and oxygen atoms in total. The molecule has 0 heterocycles. The monoisotopic (exact) mass is 305 g/mol. The van der Waals surface area contributed by atoms with E-state index in [1.165, 1.54) is 12.1 Å². The van der Waals surface area contributed by atoms with Crippen molar-refractivity contribution in [2.75, 3.05) is 5.32 Å². The van der Waals surface area contributed by atoms with Crippen LogP contribution in [-0.2, 0) is 0 Å². The summed E-state index contributed by atoms with van der Waals surface area (Å²) in [6.07, 6.45) is 0. The standard InChI is InChI=1S/C15H12ClNO4/c1-8-6-9(16)2-4-11(8)14(19)17-13-5-3-10(18)7-12(13)15(20)21/h2-7,18H,1H3,(H,17,19)(H,20,21). The fraction of sp³-hybridized carbons (Fsp3) is 0.0667. The van der Waals surface area contributed by atoms with Gasteiger partial charge in [-0.2, -0.15) is 0 Å². The average Bonchev–Trinajstić information content (AvgIpc) is 2.40. The van der Waals surface area contributed by atoms with E-state index in [0.717, 1.165) is 6.07 Å². The lowest BCUT2D eigenvalue weighted by atomic mass is 10.1. The molecule has 0 radical (unpaired) electrons. The number of carboxylic acids is 1. The first-order chi connectivity index (χ1) is 9.88. The second-order valence-electron chi connectivity index (χ2n) is 4.45. The van der Waals surface area contributed by atoms with E-state index in [4.69, 9.17) is 16.7 Å². The van der Waals surface area contributed by atoms with Crippen LogP contribution < -0.4 is 5.32 Å². The molecule has 0 atom stereocenters. The lowest BCUT2D eigenvalue weighted by molar-refractivity contribution is 0.0697. The molecule has 2 aromatic rings. The SMILES string of the molecule is Cc1cc(Cl)ccc1C(=O)Nc1ccc(O)cc1C(=O)O. The number of hydrogen-bond donors (Lipinski definition) is 3. The molecule has 0 aliphatic carbocycles. The van der Waals surface area contributed by atoms with Crippen LogP contribution in [0.1, 0.15) is 26.3 Å². The van der Waals surface area contributed by atoms with E-state index in [0.29, 0.717) is 16.1 Å². The molecular weight excluding hydrogens is 294 g/mol. The first-order valence-corrected chi connectivity index (χ1v) is 6.40. The van der Waals surface area contributed by atoms with Crippen LogP contribution in [0, 0.1) is 6.92 Å². The van der Waals surface area contributed by atoms with E-state index < -0.39 is 11.9 Å². The predicted molar refractivity (Wildman–Crippen MR) is 79.2 cm³/mol. The number of carbonyl (C=O) groups excluding carboxylic acids is 1. The summed E-state index contributed by atoms with van der Waals surface area (Å²) in [4.78, 5) is 23.3. The van der Waals surface area contributed by atoms with Crippen molar-refractivity contribution in [1.29, 1.82) is 0 Å². The van der Waals surface area contributed by atoms with Crippen LogP contribution in [0.3, 0.4) is 0 Å². The van der Waals surface area contributed by atoms with Gasteiger partial charge in [0.2, 0.25) is 0 Å². The van der Waals surface area contributed by atoms with Gasteiger partial charge in [-0.25, -0.2) is 4.79 Å². The summed E-state index contributed by atoms with van der Waals surface area (Å²) in [5.41, 5.74) is 0.995. The summed E-state index contributed by atoms with van der Waals surface area (Å²) < 4.78 is 0. The zero-order chi connectivity index (χ0) is 15.6. The normalized spacial score (nSPS) is 10.2. The van der Waals surface area contributed by atoms with Crippen LogP contribution >= 0.6 is 11.6 Å². The lowest BCUT2D eigenvalue weighted by Gasteiger charge is -2.10. The fourth-order valence-electron chi connectivity index (χ4n) is 1.89. The van der Waals surface area contributed by atoms with Gasteiger partial charge in [0, 0.05) is 10.6 Å². The number of phenols is 1. The number of aromatic carboxylic acids is 1. The van der Waals surface area contributed by atoms with Crippen LogP contribution in [0.5, 0.6) is 5.75 Å². The predicted octanol–water partition coefficient (Wildman–Crippen LogP) is 3.30. The minimum Gasteiger partial charge on any atom is -0.508 e. The summed E-state index contributed by atoms with van der Waals surface area (Å²) >= 11 is 5.83. The quantitative estimate of drug-likeness (QED) is 0.759. The van der Waals surface area contributed by atoms with Gasteiger partial charge in [0.15, 0.2) is 0 Å². The number of aromatic hydroxyl groups is 1. The highest BCUT2D eigenvalue weighted by Gasteiger charge is 2.15. The number of rotatable bonds is 3. The molecule has 0 unspecified atom stereocenters. The fourth-order valence-corrected chi connectivity index (χ4v) is 2.12. The van der Waals surface area contributed by atoms with E-state index in [2.05, 4.69) is 5.32 Å². The zero-order valence-corrected chi connectivity index (χ0v) is 11.8. The van der Waals surface area contributed by atoms with Gasteiger partial charge in [0.1, 0.15) is 5.75 Å². The lowest BCUT2D eigenvalue weighted by Crippen LogP contribution is -2.15. The summed E-state index contributed by atoms with van der Waals surface area (Å²) in [5, 5.41) is 21.4. The highest BCUT2D eigenvalue weighted by atomic mass is 35.5. The van der Waals surface area contributed by atoms with Crippen molar-refractivity contribution in [3.05, 3.63) is 58.1 Å². The number of carbonyl (C=O) groups is 2. The van der Waals surface area contributed by atoms with Gasteiger partial charge in [-0.15, -0.1) is 0 Å². The Morgan fingerprint density at radius 2 is 1.81 bits per heavy atom. The minimum atomic E-state index is -1.24. The molecule has 0 saturated carbocycles. The second-order valence-corrected chi connectivity index (χ2v) is 4.88. The molecule has 2 aromatic carbocycles. The van der Waals surface area contributed by atoms with E-state index >= 15 is 0 Å². The van der Waals surface area contributed by atoms with Crippen molar-refractivity contribution in [2.24, 2.45) is 0 Å². The van der Waals surface area contributed by atoms with Crippen molar-refractivity contribution in [1.82, 2.24) is 0 Å². The topological polar surface area (TPSA) is 86.6 Å². The van der Waals surface area contributed by atoms with Gasteiger partial charge >= 0.3 is 5.97 Å². The summed E-state index contributed by atoms with van der Waals surface area (Å²) in [7, 11) is 0. The molecule has 108 valence electrons. The maximum Gasteiger partial charge on any atom is 0.337 e. The number of nitrogens with one attached hydrogen (secondary N) is 1. The van der Waals surface area contributed by atoms with Crippen molar-refractivity contribution in [2.45, 2.75) is 6.92 Å². The number of hydrogen-bond acceptors (Lipinski definition) is 3. The molecule has 2 rings (SSSR count). The Labute approximate surface area is 125 Å². The van der Waals surface area contributed by atoms with Crippen LogP contribution in [0.15, 0.2) is 36.4 Å². The van der Waals surface area contributed by atoms with E-state index in [9.17, 15) is 14.7 Å². The highest BCUT2D eigenvalue weighted by Crippen LogP contribution is 2.23. The van der Waals surface area contributed by atoms with Gasteiger partial charge in [-0.1, -0.05) is 11.6 Å². The van der Waals surface area contributed by atoms with Crippen molar-refractivity contribution < 1.29 is 19.8 Å². The van der Waals surface area contributed by atoms with Crippen LogP contribution in [0.4, 0.5) is 5.69 Å². The summed E-state index contributed by atoms with van der Waals surface area (Å²) in [6, 6.07) is 8.50. The Kier molecular flexibility index (Phi) is 4.14. The molecular formula is C15H12ClNO4. The maximum atomic E-state index is 12.2. The minimum absolute atomic E-state index is 0.111. The third-order valence-electron chi connectivity index (χ3n) is 2.91. The summed E-state index contributed by atoms with van der Waals surface area (Å²) in [6.45, 7) is 1.73. The molecule has 1 amide bonds. The first-order valence-electron chi connectivity index (χ1n) is 6.02. The number of anilines is 1. The highest BCUT2D eigenvalue weighted by molar-refractivity contribution is 6.30. The molecule has 0 fully saturated rings. The first kappa shape index (κ1) is 14.9. The molecule has 3 N–H and O–H groups in total. The molecule has 0 bridgehead atoms. The van der Waals surface area contributed by atoms with E-state index in [-0.39, 0.29) is 17.0 Å². The number of aryl methyl sites for hydroxylation is 1. The van der Waals surface area contributed by atoms with Crippen LogP contribution in [-0.4, -0.2) is 22.1 Å². The Balaban J connectivity index is 2.34. The third-order valence-corrected chi connectivity index (χ3v) is 3.15. The zero-order valence-electron chi connectivity index (χ0n) is 11.1. The van der Waals surface area contributed by atoms with E-state index in [1.54, 1.807) is 25.1 Å². The second kappa shape index (κ2) is 5.85. The molecule has 0 aromatic heterocycles. The number of benzene rings is 2. The largest absolute Gasteiger partial charge is 0.508 e. The van der Waals surface area contributed by atoms with Gasteiger partial charge in [-0.3, -0.25) is 4.79 Å². The third kappa shape index (κ3) is 3.32. The molecule has 21 heavy (non-hydrogen) atoms. The maximum absolute atomic E-state index is 12.2. The molecule has 0 spiro atoms. The van der Waals surface area contributed by atoms with E-state index in [1.807, 2.05) is 0 Å². The van der Waals surface area contributed by atoms with Crippen LogP contribution in [0.2, 0.25) is 5.02 Å². The van der Waals surface area contributed by atoms with Crippen LogP contribution in [0.25, 0.3) is 0 Å². The van der Waals surface area contributed by atoms with Crippen molar-refractivity contribution in [3.8, 4) is 5.75 Å². The molecule has 0 aliphatic rings. The Bertz CT molecular complexity index is 728. The molecule has 0 saturated heterocycles. The number of halogens is 1. The number of carboxylic acid groups (broad SMARTS) is 1. The van der Waals surface area contributed by atoms with Gasteiger partial charge < -0.3 is 15.5 Å². The smallest absolute Gasteiger partial charge is 0.337 e. The van der Waals surface area contributed by atoms with Gasteiger partial charge in [0.05, 0.1) is 11.3 Å². The number of amides is 1. The number of phenolic OH excluding ortho intramolecular Hbond substituents is 1. The average molecular weight is 306 g/mol. The van der Waals surface area contributed by atoms with Crippen molar-refractivity contribution >= 4 is 29.2 Å².